The van der Waals surface area contributed by atoms with Gasteiger partial charge in [-0.3, -0.25) is 14.5 Å². The van der Waals surface area contributed by atoms with Crippen LogP contribution in [0.4, 0.5) is 5.95 Å². The number of nitrogens with zero attached hydrogens (tertiary/aromatic N) is 8. The van der Waals surface area contributed by atoms with Crippen molar-refractivity contribution in [1.29, 1.82) is 0 Å². The molecule has 0 aliphatic rings. The van der Waals surface area contributed by atoms with E-state index in [1.165, 1.54) is 4.68 Å². The molecule has 4 aromatic rings. The van der Waals surface area contributed by atoms with Gasteiger partial charge in [0, 0.05) is 56.6 Å². The molecule has 0 atom stereocenters. The van der Waals surface area contributed by atoms with E-state index in [1.54, 1.807) is 50.0 Å². The standard InChI is InChI=1S/C20H21N9O3/c1-28(5-6-31-2)17(30)12-29-11-15(10-25-29)19-26-18(27-32-19)13-3-4-16(22-7-13)14-8-23-20(21)24-9-14/h3-4,7-11H,5-6,12H2,1-2H3,(H2,21,23,24). The highest BCUT2D eigenvalue weighted by Crippen LogP contribution is 2.23. The molecule has 0 fully saturated rings. The Morgan fingerprint density at radius 3 is 2.62 bits per heavy atom. The Morgan fingerprint density at radius 2 is 1.91 bits per heavy atom. The first-order valence-corrected chi connectivity index (χ1v) is 9.67. The smallest absolute Gasteiger partial charge is 0.261 e. The minimum atomic E-state index is -0.0828. The van der Waals surface area contributed by atoms with Crippen molar-refractivity contribution < 1.29 is 14.1 Å². The third-order valence-electron chi connectivity index (χ3n) is 4.65. The van der Waals surface area contributed by atoms with E-state index < -0.39 is 0 Å². The fourth-order valence-corrected chi connectivity index (χ4v) is 2.80. The Bertz CT molecular complexity index is 1190. The summed E-state index contributed by atoms with van der Waals surface area (Å²) in [6, 6.07) is 3.63. The molecule has 0 aliphatic carbocycles. The summed E-state index contributed by atoms with van der Waals surface area (Å²) in [5.74, 6) is 0.800. The monoisotopic (exact) mass is 435 g/mol. The van der Waals surface area contributed by atoms with Crippen LogP contribution in [0.1, 0.15) is 0 Å². The van der Waals surface area contributed by atoms with Gasteiger partial charge >= 0.3 is 0 Å². The molecule has 0 bridgehead atoms. The van der Waals surface area contributed by atoms with E-state index in [2.05, 4.69) is 30.2 Å². The van der Waals surface area contributed by atoms with Crippen molar-refractivity contribution in [3.05, 3.63) is 43.1 Å². The van der Waals surface area contributed by atoms with E-state index in [-0.39, 0.29) is 18.4 Å². The third kappa shape index (κ3) is 4.75. The largest absolute Gasteiger partial charge is 0.383 e. The predicted molar refractivity (Wildman–Crippen MR) is 114 cm³/mol. The van der Waals surface area contributed by atoms with E-state index in [4.69, 9.17) is 15.0 Å². The summed E-state index contributed by atoms with van der Waals surface area (Å²) in [4.78, 5) is 30.6. The van der Waals surface area contributed by atoms with Gasteiger partial charge in [0.25, 0.3) is 5.89 Å². The molecule has 1 amide bonds. The second-order valence-electron chi connectivity index (χ2n) is 6.92. The first-order chi connectivity index (χ1) is 15.5. The second kappa shape index (κ2) is 9.31. The number of amides is 1. The molecule has 0 saturated heterocycles. The van der Waals surface area contributed by atoms with Gasteiger partial charge in [0.15, 0.2) is 0 Å². The van der Waals surface area contributed by atoms with Crippen LogP contribution in [0, 0.1) is 0 Å². The van der Waals surface area contributed by atoms with E-state index in [0.29, 0.717) is 41.7 Å². The number of nitrogens with two attached hydrogens (primary N) is 1. The molecule has 0 spiro atoms. The molecule has 12 nitrogen and oxygen atoms in total. The number of nitrogen functional groups attached to an aromatic ring is 1. The maximum atomic E-state index is 12.2. The van der Waals surface area contributed by atoms with Crippen molar-refractivity contribution in [2.45, 2.75) is 6.54 Å². The summed E-state index contributed by atoms with van der Waals surface area (Å²) < 4.78 is 11.9. The number of aromatic nitrogens is 7. The molecule has 0 unspecified atom stereocenters. The van der Waals surface area contributed by atoms with Crippen LogP contribution in [0.5, 0.6) is 0 Å². The Labute approximate surface area is 183 Å². The summed E-state index contributed by atoms with van der Waals surface area (Å²) in [5.41, 5.74) is 8.24. The Morgan fingerprint density at radius 1 is 1.12 bits per heavy atom. The fourth-order valence-electron chi connectivity index (χ4n) is 2.80. The topological polar surface area (TPSA) is 151 Å². The van der Waals surface area contributed by atoms with Gasteiger partial charge in [0.05, 0.1) is 24.1 Å². The van der Waals surface area contributed by atoms with Crippen LogP contribution >= 0.6 is 0 Å². The lowest BCUT2D eigenvalue weighted by Gasteiger charge is -2.16. The average Bonchev–Trinajstić information content (AvgIpc) is 3.48. The van der Waals surface area contributed by atoms with Crippen LogP contribution in [0.3, 0.4) is 0 Å². The number of hydrogen-bond acceptors (Lipinski definition) is 10. The molecule has 0 aliphatic heterocycles. The number of carbonyl (C=O) groups is 1. The van der Waals surface area contributed by atoms with Crippen molar-refractivity contribution >= 4 is 11.9 Å². The van der Waals surface area contributed by atoms with Crippen LogP contribution < -0.4 is 5.73 Å². The molecular formula is C20H21N9O3. The van der Waals surface area contributed by atoms with Crippen LogP contribution in [-0.4, -0.2) is 73.0 Å². The van der Waals surface area contributed by atoms with Crippen molar-refractivity contribution in [2.24, 2.45) is 0 Å². The minimum Gasteiger partial charge on any atom is -0.383 e. The molecule has 4 aromatic heterocycles. The van der Waals surface area contributed by atoms with Gasteiger partial charge in [-0.15, -0.1) is 0 Å². The molecule has 0 aromatic carbocycles. The van der Waals surface area contributed by atoms with Crippen molar-refractivity contribution in [1.82, 2.24) is 39.8 Å². The predicted octanol–water partition coefficient (Wildman–Crippen LogP) is 1.14. The van der Waals surface area contributed by atoms with Gasteiger partial charge < -0.3 is 19.9 Å². The number of likely N-dealkylation sites (N-methyl/N-ethyl adjacent to an activating group) is 1. The molecule has 2 N–H and O–H groups in total. The minimum absolute atomic E-state index is 0.0828. The average molecular weight is 435 g/mol. The van der Waals surface area contributed by atoms with E-state index in [9.17, 15) is 4.79 Å². The van der Waals surface area contributed by atoms with Crippen molar-refractivity contribution in [3.63, 3.8) is 0 Å². The molecule has 0 saturated carbocycles. The zero-order chi connectivity index (χ0) is 22.5. The SMILES string of the molecule is COCCN(C)C(=O)Cn1cc(-c2nc(-c3ccc(-c4cnc(N)nc4)nc3)no2)cn1. The van der Waals surface area contributed by atoms with E-state index in [1.807, 2.05) is 12.1 Å². The van der Waals surface area contributed by atoms with E-state index >= 15 is 0 Å². The van der Waals surface area contributed by atoms with E-state index in [0.717, 1.165) is 5.56 Å². The van der Waals surface area contributed by atoms with Crippen LogP contribution in [0.15, 0.2) is 47.6 Å². The quantitative estimate of drug-likeness (QED) is 0.426. The summed E-state index contributed by atoms with van der Waals surface area (Å²) in [5, 5.41) is 8.22. The third-order valence-corrected chi connectivity index (χ3v) is 4.65. The lowest BCUT2D eigenvalue weighted by Crippen LogP contribution is -2.32. The molecule has 164 valence electrons. The summed E-state index contributed by atoms with van der Waals surface area (Å²) in [6.45, 7) is 1.08. The van der Waals surface area contributed by atoms with Crippen LogP contribution in [0.25, 0.3) is 34.1 Å². The lowest BCUT2D eigenvalue weighted by molar-refractivity contribution is -0.131. The Kier molecular flexibility index (Phi) is 6.12. The molecule has 32 heavy (non-hydrogen) atoms. The first kappa shape index (κ1) is 21.1. The number of hydrogen-bond donors (Lipinski definition) is 1. The number of pyridine rings is 1. The highest BCUT2D eigenvalue weighted by atomic mass is 16.5. The molecule has 0 radical (unpaired) electrons. The summed E-state index contributed by atoms with van der Waals surface area (Å²) >= 11 is 0. The highest BCUT2D eigenvalue weighted by Gasteiger charge is 2.15. The van der Waals surface area contributed by atoms with Gasteiger partial charge in [0.1, 0.15) is 6.54 Å². The zero-order valence-electron chi connectivity index (χ0n) is 17.5. The number of methoxy groups -OCH3 is 1. The molecule has 4 rings (SSSR count). The Hall–Kier alpha value is -4.19. The number of anilines is 1. The fraction of sp³-hybridized carbons (Fsp3) is 0.250. The van der Waals surface area contributed by atoms with Crippen molar-refractivity contribution in [3.8, 4) is 34.1 Å². The number of ether oxygens (including phenoxy) is 1. The molecular weight excluding hydrogens is 414 g/mol. The summed E-state index contributed by atoms with van der Waals surface area (Å²) in [7, 11) is 3.31. The highest BCUT2D eigenvalue weighted by molar-refractivity contribution is 5.75. The van der Waals surface area contributed by atoms with Crippen LogP contribution in [-0.2, 0) is 16.1 Å². The van der Waals surface area contributed by atoms with Gasteiger partial charge in [-0.25, -0.2) is 9.97 Å². The van der Waals surface area contributed by atoms with Gasteiger partial charge in [0.2, 0.25) is 17.7 Å². The lowest BCUT2D eigenvalue weighted by atomic mass is 10.2. The molecule has 12 heteroatoms. The summed E-state index contributed by atoms with van der Waals surface area (Å²) in [6.07, 6.45) is 8.10. The van der Waals surface area contributed by atoms with Crippen molar-refractivity contribution in [2.75, 3.05) is 33.0 Å². The van der Waals surface area contributed by atoms with Gasteiger partial charge in [-0.05, 0) is 12.1 Å². The molecule has 4 heterocycles. The number of carbonyl (C=O) groups excluding carboxylic acids is 1. The number of rotatable bonds is 8. The first-order valence-electron chi connectivity index (χ1n) is 9.67. The van der Waals surface area contributed by atoms with Crippen LogP contribution in [0.2, 0.25) is 0 Å². The van der Waals surface area contributed by atoms with Gasteiger partial charge in [-0.2, -0.15) is 10.1 Å². The maximum Gasteiger partial charge on any atom is 0.261 e. The van der Waals surface area contributed by atoms with Gasteiger partial charge in [-0.1, -0.05) is 5.16 Å². The zero-order valence-corrected chi connectivity index (χ0v) is 17.5. The normalized spacial score (nSPS) is 10.9. The second-order valence-corrected chi connectivity index (χ2v) is 6.92. The Balaban J connectivity index is 1.44. The maximum absolute atomic E-state index is 12.2.